The number of aromatic nitrogens is 3. The van der Waals surface area contributed by atoms with E-state index < -0.39 is 5.97 Å². The summed E-state index contributed by atoms with van der Waals surface area (Å²) in [5, 5.41) is 13.9. The Morgan fingerprint density at radius 1 is 1.35 bits per heavy atom. The van der Waals surface area contributed by atoms with Crippen molar-refractivity contribution in [3.63, 3.8) is 0 Å². The summed E-state index contributed by atoms with van der Waals surface area (Å²) in [7, 11) is 0. The predicted octanol–water partition coefficient (Wildman–Crippen LogP) is 1.76. The van der Waals surface area contributed by atoms with Gasteiger partial charge in [-0.1, -0.05) is 12.1 Å². The Hall–Kier alpha value is -2.89. The van der Waals surface area contributed by atoms with E-state index in [1.165, 1.54) is 10.9 Å². The van der Waals surface area contributed by atoms with E-state index in [4.69, 9.17) is 10.8 Å². The Morgan fingerprint density at radius 3 is 2.95 bits per heavy atom. The van der Waals surface area contributed by atoms with Crippen molar-refractivity contribution in [3.8, 4) is 0 Å². The highest BCUT2D eigenvalue weighted by molar-refractivity contribution is 5.91. The van der Waals surface area contributed by atoms with Crippen LogP contribution >= 0.6 is 0 Å². The molecule has 1 aromatic carbocycles. The highest BCUT2D eigenvalue weighted by atomic mass is 16.4. The molecule has 6 nitrogen and oxygen atoms in total. The number of carboxylic acids is 1. The zero-order chi connectivity index (χ0) is 14.1. The van der Waals surface area contributed by atoms with E-state index in [2.05, 4.69) is 10.1 Å². The van der Waals surface area contributed by atoms with Crippen LogP contribution in [0.25, 0.3) is 10.9 Å². The van der Waals surface area contributed by atoms with Gasteiger partial charge in [0.25, 0.3) is 0 Å². The minimum atomic E-state index is -1.12. The average molecular weight is 268 g/mol. The number of fused-ring (bicyclic) bond motifs is 1. The fourth-order valence-corrected chi connectivity index (χ4v) is 2.09. The molecule has 0 saturated heterocycles. The molecule has 0 unspecified atom stereocenters. The molecule has 2 heterocycles. The fraction of sp³-hybridized carbons (Fsp3) is 0.0714. The number of nitrogens with two attached hydrogens (primary N) is 1. The third kappa shape index (κ3) is 2.18. The number of pyridine rings is 1. The van der Waals surface area contributed by atoms with Gasteiger partial charge in [0.2, 0.25) is 0 Å². The molecule has 3 rings (SSSR count). The van der Waals surface area contributed by atoms with Crippen LogP contribution in [0.15, 0.2) is 42.7 Å². The Kier molecular flexibility index (Phi) is 2.83. The second kappa shape index (κ2) is 4.65. The Labute approximate surface area is 114 Å². The maximum absolute atomic E-state index is 10.9. The van der Waals surface area contributed by atoms with Crippen molar-refractivity contribution in [2.45, 2.75) is 6.54 Å². The largest absolute Gasteiger partial charge is 0.476 e. The molecule has 0 aliphatic rings. The summed E-state index contributed by atoms with van der Waals surface area (Å²) in [6.07, 6.45) is 3.27. The number of nitrogen functional groups attached to an aromatic ring is 1. The monoisotopic (exact) mass is 268 g/mol. The number of anilines is 1. The zero-order valence-electron chi connectivity index (χ0n) is 10.5. The molecule has 0 amide bonds. The third-order valence-electron chi connectivity index (χ3n) is 3.00. The lowest BCUT2D eigenvalue weighted by Crippen LogP contribution is -2.04. The van der Waals surface area contributed by atoms with Gasteiger partial charge in [-0.05, 0) is 23.8 Å². The number of aromatic carboxylic acids is 1. The zero-order valence-corrected chi connectivity index (χ0v) is 10.5. The fourth-order valence-electron chi connectivity index (χ4n) is 2.09. The standard InChI is InChI=1S/C14H12N4O2/c15-11-8-18(17-13(11)14(19)20)7-9-3-4-12-10(6-9)2-1-5-16-12/h1-6,8H,7,15H2,(H,19,20). The average Bonchev–Trinajstić information content (AvgIpc) is 2.79. The van der Waals surface area contributed by atoms with Crippen LogP contribution in [0, 0.1) is 0 Å². The molecule has 0 spiro atoms. The van der Waals surface area contributed by atoms with Gasteiger partial charge in [0.1, 0.15) is 0 Å². The molecule has 0 bridgehead atoms. The smallest absolute Gasteiger partial charge is 0.358 e. The van der Waals surface area contributed by atoms with Crippen LogP contribution in [0.5, 0.6) is 0 Å². The Bertz CT molecular complexity index is 795. The van der Waals surface area contributed by atoms with Crippen LogP contribution in [0.2, 0.25) is 0 Å². The summed E-state index contributed by atoms with van der Waals surface area (Å²) < 4.78 is 1.52. The van der Waals surface area contributed by atoms with Gasteiger partial charge in [-0.25, -0.2) is 4.79 Å². The third-order valence-corrected chi connectivity index (χ3v) is 3.00. The van der Waals surface area contributed by atoms with E-state index in [1.807, 2.05) is 30.3 Å². The number of nitrogens with zero attached hydrogens (tertiary/aromatic N) is 3. The van der Waals surface area contributed by atoms with Gasteiger partial charge in [-0.2, -0.15) is 5.10 Å². The summed E-state index contributed by atoms with van der Waals surface area (Å²) in [5.74, 6) is -1.12. The number of carbonyl (C=O) groups is 1. The molecule has 2 aromatic heterocycles. The SMILES string of the molecule is Nc1cn(Cc2ccc3ncccc3c2)nc1C(=O)O. The lowest BCUT2D eigenvalue weighted by molar-refractivity contribution is 0.0690. The van der Waals surface area contributed by atoms with E-state index in [1.54, 1.807) is 6.20 Å². The first kappa shape index (κ1) is 12.2. The summed E-state index contributed by atoms with van der Waals surface area (Å²) in [5.41, 5.74) is 7.58. The van der Waals surface area contributed by atoms with Gasteiger partial charge >= 0.3 is 5.97 Å². The van der Waals surface area contributed by atoms with Crippen molar-refractivity contribution in [1.82, 2.24) is 14.8 Å². The van der Waals surface area contributed by atoms with E-state index in [0.29, 0.717) is 6.54 Å². The first-order valence-corrected chi connectivity index (χ1v) is 6.03. The molecule has 0 atom stereocenters. The van der Waals surface area contributed by atoms with Crippen molar-refractivity contribution in [2.75, 3.05) is 5.73 Å². The van der Waals surface area contributed by atoms with E-state index in [9.17, 15) is 4.79 Å². The second-order valence-electron chi connectivity index (χ2n) is 4.47. The summed E-state index contributed by atoms with van der Waals surface area (Å²) in [6, 6.07) is 9.72. The highest BCUT2D eigenvalue weighted by Crippen LogP contribution is 2.15. The van der Waals surface area contributed by atoms with Crippen molar-refractivity contribution in [2.24, 2.45) is 0 Å². The number of hydrogen-bond donors (Lipinski definition) is 2. The number of benzene rings is 1. The molecule has 0 radical (unpaired) electrons. The molecule has 6 heteroatoms. The minimum Gasteiger partial charge on any atom is -0.476 e. The Morgan fingerprint density at radius 2 is 2.20 bits per heavy atom. The van der Waals surface area contributed by atoms with Crippen LogP contribution in [0.1, 0.15) is 16.1 Å². The van der Waals surface area contributed by atoms with E-state index in [0.717, 1.165) is 16.5 Å². The molecule has 3 N–H and O–H groups in total. The normalized spacial score (nSPS) is 10.8. The molecule has 3 aromatic rings. The van der Waals surface area contributed by atoms with Gasteiger partial charge in [0.15, 0.2) is 5.69 Å². The molecular weight excluding hydrogens is 256 g/mol. The lowest BCUT2D eigenvalue weighted by Gasteiger charge is -2.03. The number of hydrogen-bond acceptors (Lipinski definition) is 4. The van der Waals surface area contributed by atoms with E-state index in [-0.39, 0.29) is 11.4 Å². The van der Waals surface area contributed by atoms with Gasteiger partial charge in [-0.15, -0.1) is 0 Å². The molecule has 0 aliphatic carbocycles. The quantitative estimate of drug-likeness (QED) is 0.754. The van der Waals surface area contributed by atoms with Crippen molar-refractivity contribution >= 4 is 22.6 Å². The predicted molar refractivity (Wildman–Crippen MR) is 74.4 cm³/mol. The van der Waals surface area contributed by atoms with Crippen LogP contribution in [-0.2, 0) is 6.54 Å². The maximum atomic E-state index is 10.9. The first-order valence-electron chi connectivity index (χ1n) is 6.03. The summed E-state index contributed by atoms with van der Waals surface area (Å²) in [6.45, 7) is 0.461. The van der Waals surface area contributed by atoms with Crippen LogP contribution in [0.4, 0.5) is 5.69 Å². The first-order chi connectivity index (χ1) is 9.63. The van der Waals surface area contributed by atoms with Crippen molar-refractivity contribution in [3.05, 3.63) is 54.0 Å². The maximum Gasteiger partial charge on any atom is 0.358 e. The molecule has 0 saturated carbocycles. The minimum absolute atomic E-state index is 0.118. The molecular formula is C14H12N4O2. The van der Waals surface area contributed by atoms with Crippen molar-refractivity contribution in [1.29, 1.82) is 0 Å². The number of rotatable bonds is 3. The Balaban J connectivity index is 1.92. The van der Waals surface area contributed by atoms with Crippen LogP contribution in [-0.4, -0.2) is 25.8 Å². The lowest BCUT2D eigenvalue weighted by atomic mass is 10.1. The van der Waals surface area contributed by atoms with Crippen LogP contribution < -0.4 is 5.73 Å². The second-order valence-corrected chi connectivity index (χ2v) is 4.47. The topological polar surface area (TPSA) is 94.0 Å². The molecule has 0 fully saturated rings. The van der Waals surface area contributed by atoms with Gasteiger partial charge < -0.3 is 10.8 Å². The molecule has 0 aliphatic heterocycles. The van der Waals surface area contributed by atoms with Crippen molar-refractivity contribution < 1.29 is 9.90 Å². The highest BCUT2D eigenvalue weighted by Gasteiger charge is 2.13. The van der Waals surface area contributed by atoms with Crippen LogP contribution in [0.3, 0.4) is 0 Å². The number of carboxylic acid groups (broad SMARTS) is 1. The van der Waals surface area contributed by atoms with Gasteiger partial charge in [0, 0.05) is 17.8 Å². The molecule has 100 valence electrons. The summed E-state index contributed by atoms with van der Waals surface area (Å²) in [4.78, 5) is 15.1. The summed E-state index contributed by atoms with van der Waals surface area (Å²) >= 11 is 0. The van der Waals surface area contributed by atoms with Gasteiger partial charge in [-0.3, -0.25) is 9.67 Å². The van der Waals surface area contributed by atoms with E-state index >= 15 is 0 Å². The molecule has 20 heavy (non-hydrogen) atoms. The van der Waals surface area contributed by atoms with Gasteiger partial charge in [0.05, 0.1) is 17.7 Å².